The highest BCUT2D eigenvalue weighted by molar-refractivity contribution is 7.68. The van der Waals surface area contributed by atoms with E-state index in [0.29, 0.717) is 0 Å². The van der Waals surface area contributed by atoms with Gasteiger partial charge in [-0.25, -0.2) is 0 Å². The molecule has 0 saturated carbocycles. The molecule has 2 aromatic rings. The monoisotopic (exact) mass is 354 g/mol. The van der Waals surface area contributed by atoms with Gasteiger partial charge in [-0.2, -0.15) is 0 Å². The van der Waals surface area contributed by atoms with E-state index < -0.39 is 8.15 Å². The van der Waals surface area contributed by atoms with Gasteiger partial charge in [0.1, 0.15) is 0 Å². The molecule has 0 aliphatic heterocycles. The van der Waals surface area contributed by atoms with Crippen LogP contribution in [-0.2, 0) is 6.42 Å². The maximum absolute atomic E-state index is 11.3. The summed E-state index contributed by atoms with van der Waals surface area (Å²) in [7, 11) is -1.33. The number of aryl methyl sites for hydroxylation is 5. The number of benzene rings is 2. The molecule has 0 aromatic heterocycles. The van der Waals surface area contributed by atoms with Crippen LogP contribution < -0.4 is 10.6 Å². The minimum atomic E-state index is -1.33. The molecule has 1 atom stereocenters. The molecule has 0 heterocycles. The normalized spacial score (nSPS) is 12.3. The van der Waals surface area contributed by atoms with Gasteiger partial charge in [0.05, 0.1) is 8.15 Å². The van der Waals surface area contributed by atoms with Crippen LogP contribution in [0.3, 0.4) is 0 Å². The van der Waals surface area contributed by atoms with Crippen LogP contribution in [0.5, 0.6) is 0 Å². The van der Waals surface area contributed by atoms with Gasteiger partial charge in [-0.1, -0.05) is 29.8 Å². The number of hydrogen-bond acceptors (Lipinski definition) is 1. The van der Waals surface area contributed by atoms with E-state index in [9.17, 15) is 4.89 Å². The molecule has 134 valence electrons. The van der Waals surface area contributed by atoms with Crippen molar-refractivity contribution in [2.45, 2.75) is 60.8 Å². The molecular formula is C23H31OP. The number of rotatable bonds is 6. The third-order valence-corrected chi connectivity index (χ3v) is 7.23. The largest absolute Gasteiger partial charge is 0.364 e. The Hall–Kier alpha value is -1.43. The van der Waals surface area contributed by atoms with Gasteiger partial charge in [-0.05, 0) is 94.2 Å². The minimum Gasteiger partial charge on any atom is -0.364 e. The molecule has 2 rings (SSSR count). The highest BCUT2D eigenvalue weighted by atomic mass is 31.1. The highest BCUT2D eigenvalue weighted by Crippen LogP contribution is 2.36. The molecule has 25 heavy (non-hydrogen) atoms. The van der Waals surface area contributed by atoms with Crippen molar-refractivity contribution in [2.24, 2.45) is 0 Å². The Morgan fingerprint density at radius 1 is 0.880 bits per heavy atom. The van der Waals surface area contributed by atoms with Gasteiger partial charge in [0.25, 0.3) is 0 Å². The van der Waals surface area contributed by atoms with Gasteiger partial charge < -0.3 is 4.89 Å². The SMILES string of the molecule is C=CCCCc1c(C)cc(C)c(P(O)c2c(C)cc(C)cc2C)c1C. The Morgan fingerprint density at radius 2 is 1.44 bits per heavy atom. The number of unbranched alkanes of at least 4 members (excludes halogenated alkanes) is 1. The van der Waals surface area contributed by atoms with Gasteiger partial charge >= 0.3 is 0 Å². The van der Waals surface area contributed by atoms with Crippen molar-refractivity contribution in [2.75, 3.05) is 0 Å². The summed E-state index contributed by atoms with van der Waals surface area (Å²) >= 11 is 0. The van der Waals surface area contributed by atoms with E-state index in [0.717, 1.165) is 29.9 Å². The van der Waals surface area contributed by atoms with Crippen molar-refractivity contribution in [1.82, 2.24) is 0 Å². The summed E-state index contributed by atoms with van der Waals surface area (Å²) in [6.07, 6.45) is 5.18. The van der Waals surface area contributed by atoms with Gasteiger partial charge in [0, 0.05) is 10.6 Å². The maximum atomic E-state index is 11.3. The van der Waals surface area contributed by atoms with E-state index in [4.69, 9.17) is 0 Å². The molecule has 0 spiro atoms. The first-order valence-electron chi connectivity index (χ1n) is 9.05. The first-order chi connectivity index (χ1) is 11.8. The average molecular weight is 354 g/mol. The number of hydrogen-bond donors (Lipinski definition) is 1. The second kappa shape index (κ2) is 8.30. The van der Waals surface area contributed by atoms with Gasteiger partial charge in [0.15, 0.2) is 0 Å². The molecule has 0 saturated heterocycles. The fourth-order valence-electron chi connectivity index (χ4n) is 3.97. The highest BCUT2D eigenvalue weighted by Gasteiger charge is 2.22. The average Bonchev–Trinajstić information content (AvgIpc) is 2.49. The molecular weight excluding hydrogens is 323 g/mol. The fourth-order valence-corrected chi connectivity index (χ4v) is 5.84. The summed E-state index contributed by atoms with van der Waals surface area (Å²) in [6.45, 7) is 16.7. The van der Waals surface area contributed by atoms with E-state index in [1.807, 2.05) is 6.08 Å². The zero-order chi connectivity index (χ0) is 18.7. The Labute approximate surface area is 154 Å². The molecule has 1 nitrogen and oxygen atoms in total. The van der Waals surface area contributed by atoms with Crippen LogP contribution in [0.4, 0.5) is 0 Å². The standard InChI is InChI=1S/C23H31OP/c1-8-9-10-11-21-16(3)14-19(6)23(20(21)7)25(24)22-17(4)12-15(2)13-18(22)5/h8,12-14,24H,1,9-11H2,2-7H3. The molecule has 1 unspecified atom stereocenters. The second-order valence-electron chi connectivity index (χ2n) is 7.20. The summed E-state index contributed by atoms with van der Waals surface area (Å²) in [5.74, 6) is 0. The van der Waals surface area contributed by atoms with Gasteiger partial charge in [0.2, 0.25) is 0 Å². The predicted molar refractivity (Wildman–Crippen MR) is 113 cm³/mol. The Balaban J connectivity index is 2.55. The lowest BCUT2D eigenvalue weighted by Gasteiger charge is -2.24. The van der Waals surface area contributed by atoms with E-state index in [1.165, 1.54) is 38.9 Å². The predicted octanol–water partition coefficient (Wildman–Crippen LogP) is 5.39. The fraction of sp³-hybridized carbons (Fsp3) is 0.391. The quantitative estimate of drug-likeness (QED) is 0.419. The summed E-state index contributed by atoms with van der Waals surface area (Å²) in [6, 6.07) is 6.60. The third-order valence-electron chi connectivity index (χ3n) is 4.98. The molecule has 2 aromatic carbocycles. The molecule has 0 fully saturated rings. The van der Waals surface area contributed by atoms with Crippen LogP contribution >= 0.6 is 8.15 Å². The molecule has 0 radical (unpaired) electrons. The van der Waals surface area contributed by atoms with Crippen molar-refractivity contribution in [3.63, 3.8) is 0 Å². The first kappa shape index (κ1) is 19.9. The van der Waals surface area contributed by atoms with Gasteiger partial charge in [-0.3, -0.25) is 0 Å². The van der Waals surface area contributed by atoms with E-state index in [2.05, 4.69) is 66.3 Å². The Bertz CT molecular complexity index is 766. The van der Waals surface area contributed by atoms with E-state index in [-0.39, 0.29) is 0 Å². The lowest BCUT2D eigenvalue weighted by Crippen LogP contribution is -2.22. The Kier molecular flexibility index (Phi) is 6.60. The molecule has 2 heteroatoms. The lowest BCUT2D eigenvalue weighted by atomic mass is 9.95. The van der Waals surface area contributed by atoms with Crippen LogP contribution in [-0.4, -0.2) is 4.89 Å². The zero-order valence-corrected chi connectivity index (χ0v) is 17.4. The van der Waals surface area contributed by atoms with Gasteiger partial charge in [-0.15, -0.1) is 6.58 Å². The van der Waals surface area contributed by atoms with Crippen LogP contribution in [0.2, 0.25) is 0 Å². The van der Waals surface area contributed by atoms with Crippen LogP contribution in [0.1, 0.15) is 51.8 Å². The molecule has 0 aliphatic carbocycles. The summed E-state index contributed by atoms with van der Waals surface area (Å²) < 4.78 is 0. The summed E-state index contributed by atoms with van der Waals surface area (Å²) in [5, 5.41) is 2.26. The van der Waals surface area contributed by atoms with Crippen LogP contribution in [0, 0.1) is 41.5 Å². The summed E-state index contributed by atoms with van der Waals surface area (Å²) in [5.41, 5.74) is 8.85. The Morgan fingerprint density at radius 3 is 2.00 bits per heavy atom. The van der Waals surface area contributed by atoms with E-state index >= 15 is 0 Å². The first-order valence-corrected chi connectivity index (χ1v) is 10.3. The van der Waals surface area contributed by atoms with Crippen molar-refractivity contribution >= 4 is 18.8 Å². The van der Waals surface area contributed by atoms with Crippen LogP contribution in [0.15, 0.2) is 30.9 Å². The van der Waals surface area contributed by atoms with Crippen LogP contribution in [0.25, 0.3) is 0 Å². The third kappa shape index (κ3) is 4.22. The molecule has 0 aliphatic rings. The molecule has 1 N–H and O–H groups in total. The van der Waals surface area contributed by atoms with Crippen molar-refractivity contribution in [3.05, 3.63) is 69.8 Å². The van der Waals surface area contributed by atoms with Crippen molar-refractivity contribution < 1.29 is 4.89 Å². The van der Waals surface area contributed by atoms with E-state index in [1.54, 1.807) is 0 Å². The molecule has 0 bridgehead atoms. The molecule has 0 amide bonds. The zero-order valence-electron chi connectivity index (χ0n) is 16.5. The number of allylic oxidation sites excluding steroid dienone is 1. The summed E-state index contributed by atoms with van der Waals surface area (Å²) in [4.78, 5) is 11.3. The minimum absolute atomic E-state index is 1.03. The topological polar surface area (TPSA) is 20.2 Å². The van der Waals surface area contributed by atoms with Crippen molar-refractivity contribution in [3.8, 4) is 0 Å². The maximum Gasteiger partial charge on any atom is 0.0888 e. The van der Waals surface area contributed by atoms with Crippen molar-refractivity contribution in [1.29, 1.82) is 0 Å². The second-order valence-corrected chi connectivity index (χ2v) is 8.72. The smallest absolute Gasteiger partial charge is 0.0888 e. The lowest BCUT2D eigenvalue weighted by molar-refractivity contribution is 0.644.